The quantitative estimate of drug-likeness (QED) is 0.529. The van der Waals surface area contributed by atoms with Crippen molar-refractivity contribution in [2.75, 3.05) is 18.5 Å². The van der Waals surface area contributed by atoms with Crippen LogP contribution >= 0.6 is 0 Å². The lowest BCUT2D eigenvalue weighted by atomic mass is 10.2. The van der Waals surface area contributed by atoms with Gasteiger partial charge in [0.25, 0.3) is 5.91 Å². The number of nitrogens with one attached hydrogen (secondary N) is 1. The Morgan fingerprint density at radius 3 is 2.79 bits per heavy atom. The zero-order valence-electron chi connectivity index (χ0n) is 16.2. The fourth-order valence-electron chi connectivity index (χ4n) is 3.23. The molecule has 7 nitrogen and oxygen atoms in total. The summed E-state index contributed by atoms with van der Waals surface area (Å²) in [6, 6.07) is 15.4. The summed E-state index contributed by atoms with van der Waals surface area (Å²) in [6.07, 6.45) is 7.80. The Bertz CT molecular complexity index is 1110. The van der Waals surface area contributed by atoms with Crippen LogP contribution in [0.5, 0.6) is 0 Å². The molecule has 0 saturated carbocycles. The van der Waals surface area contributed by atoms with Gasteiger partial charge in [-0.3, -0.25) is 9.78 Å². The average Bonchev–Trinajstić information content (AvgIpc) is 3.21. The highest BCUT2D eigenvalue weighted by molar-refractivity contribution is 6.00. The van der Waals surface area contributed by atoms with E-state index in [1.165, 1.54) is 0 Å². The van der Waals surface area contributed by atoms with E-state index >= 15 is 0 Å². The zero-order chi connectivity index (χ0) is 20.1. The van der Waals surface area contributed by atoms with Gasteiger partial charge in [0.1, 0.15) is 5.82 Å². The predicted octanol–water partition coefficient (Wildman–Crippen LogP) is 2.73. The number of amides is 1. The van der Waals surface area contributed by atoms with Gasteiger partial charge in [-0.2, -0.15) is 5.10 Å². The number of aromatic nitrogens is 4. The second kappa shape index (κ2) is 8.52. The molecule has 4 aromatic rings. The van der Waals surface area contributed by atoms with Crippen molar-refractivity contribution >= 4 is 17.2 Å². The molecule has 4 rings (SSSR count). The van der Waals surface area contributed by atoms with E-state index < -0.39 is 0 Å². The van der Waals surface area contributed by atoms with Crippen molar-refractivity contribution in [3.8, 4) is 0 Å². The van der Waals surface area contributed by atoms with Crippen molar-refractivity contribution in [3.63, 3.8) is 0 Å². The molecule has 0 saturated heterocycles. The molecule has 4 aromatic heterocycles. The van der Waals surface area contributed by atoms with E-state index in [1.807, 2.05) is 61.8 Å². The normalized spacial score (nSPS) is 10.8. The molecule has 1 amide bonds. The van der Waals surface area contributed by atoms with Crippen LogP contribution in [0.15, 0.2) is 73.3 Å². The summed E-state index contributed by atoms with van der Waals surface area (Å²) < 4.78 is 1.69. The number of carbonyl (C=O) groups excluding carboxylic acids is 1. The molecule has 29 heavy (non-hydrogen) atoms. The number of hydrogen-bond donors (Lipinski definition) is 1. The maximum atomic E-state index is 12.7. The molecule has 0 spiro atoms. The second-order valence-electron chi connectivity index (χ2n) is 6.75. The smallest absolute Gasteiger partial charge is 0.255 e. The highest BCUT2D eigenvalue weighted by atomic mass is 16.1. The molecule has 0 aliphatic rings. The average molecular weight is 386 g/mol. The van der Waals surface area contributed by atoms with Crippen LogP contribution in [0, 0.1) is 0 Å². The first-order chi connectivity index (χ1) is 14.2. The van der Waals surface area contributed by atoms with E-state index in [9.17, 15) is 4.79 Å². The van der Waals surface area contributed by atoms with Gasteiger partial charge in [-0.1, -0.05) is 18.2 Å². The minimum Gasteiger partial charge on any atom is -0.359 e. The van der Waals surface area contributed by atoms with Gasteiger partial charge in [0.05, 0.1) is 17.3 Å². The van der Waals surface area contributed by atoms with Gasteiger partial charge in [-0.05, 0) is 30.3 Å². The Hall–Kier alpha value is -3.74. The summed E-state index contributed by atoms with van der Waals surface area (Å²) in [5.41, 5.74) is 3.34. The molecular formula is C22H22N6O. The van der Waals surface area contributed by atoms with Gasteiger partial charge >= 0.3 is 0 Å². The minimum atomic E-state index is -0.155. The molecular weight excluding hydrogens is 364 g/mol. The van der Waals surface area contributed by atoms with Crippen LogP contribution in [-0.4, -0.2) is 39.1 Å². The van der Waals surface area contributed by atoms with Crippen molar-refractivity contribution < 1.29 is 4.79 Å². The first-order valence-electron chi connectivity index (χ1n) is 9.48. The number of fused-ring (bicyclic) bond motifs is 1. The molecule has 0 unspecified atom stereocenters. The molecule has 0 aromatic carbocycles. The van der Waals surface area contributed by atoms with Crippen molar-refractivity contribution in [1.29, 1.82) is 0 Å². The van der Waals surface area contributed by atoms with Gasteiger partial charge in [0.2, 0.25) is 0 Å². The molecule has 0 fully saturated rings. The summed E-state index contributed by atoms with van der Waals surface area (Å²) >= 11 is 0. The summed E-state index contributed by atoms with van der Waals surface area (Å²) in [4.78, 5) is 23.7. The van der Waals surface area contributed by atoms with E-state index in [1.54, 1.807) is 23.1 Å². The van der Waals surface area contributed by atoms with Crippen LogP contribution in [0.25, 0.3) is 5.52 Å². The van der Waals surface area contributed by atoms with Crippen molar-refractivity contribution in [2.45, 2.75) is 13.0 Å². The fraction of sp³-hybridized carbons (Fsp3) is 0.182. The monoisotopic (exact) mass is 386 g/mol. The van der Waals surface area contributed by atoms with E-state index in [2.05, 4.69) is 25.3 Å². The number of likely N-dealkylation sites (N-methyl/N-ethyl adjacent to an activating group) is 1. The van der Waals surface area contributed by atoms with E-state index in [4.69, 9.17) is 0 Å². The molecule has 4 heterocycles. The first-order valence-corrected chi connectivity index (χ1v) is 9.48. The molecule has 1 N–H and O–H groups in total. The standard InChI is InChI=1S/C22H22N6O/c1-27(14-10-18-8-2-4-11-23-18)21-17(7-6-12-24-21)15-25-22(29)19-16-26-28-13-5-3-9-20(19)28/h2-9,11-13,16H,10,14-15H2,1H3,(H,25,29). The third-order valence-electron chi connectivity index (χ3n) is 4.77. The van der Waals surface area contributed by atoms with Crippen LogP contribution in [0.1, 0.15) is 21.6 Å². The largest absolute Gasteiger partial charge is 0.359 e. The highest BCUT2D eigenvalue weighted by Crippen LogP contribution is 2.17. The number of pyridine rings is 3. The number of carbonyl (C=O) groups is 1. The molecule has 0 aliphatic heterocycles. The summed E-state index contributed by atoms with van der Waals surface area (Å²) in [5, 5.41) is 7.21. The van der Waals surface area contributed by atoms with Crippen molar-refractivity contribution in [1.82, 2.24) is 24.9 Å². The first kappa shape index (κ1) is 18.6. The molecule has 0 bridgehead atoms. The summed E-state index contributed by atoms with van der Waals surface area (Å²) in [6.45, 7) is 1.17. The van der Waals surface area contributed by atoms with Gasteiger partial charge in [0, 0.05) is 56.4 Å². The van der Waals surface area contributed by atoms with Gasteiger partial charge in [0.15, 0.2) is 0 Å². The maximum absolute atomic E-state index is 12.7. The van der Waals surface area contributed by atoms with Crippen LogP contribution in [0.2, 0.25) is 0 Å². The Morgan fingerprint density at radius 2 is 1.93 bits per heavy atom. The van der Waals surface area contributed by atoms with Gasteiger partial charge in [-0.15, -0.1) is 0 Å². The Morgan fingerprint density at radius 1 is 1.07 bits per heavy atom. The molecule has 0 radical (unpaired) electrons. The Kier molecular flexibility index (Phi) is 5.47. The van der Waals surface area contributed by atoms with Crippen LogP contribution in [-0.2, 0) is 13.0 Å². The topological polar surface area (TPSA) is 75.4 Å². The number of rotatable bonds is 7. The summed E-state index contributed by atoms with van der Waals surface area (Å²) in [5.74, 6) is 0.695. The second-order valence-corrected chi connectivity index (χ2v) is 6.75. The van der Waals surface area contributed by atoms with Gasteiger partial charge < -0.3 is 10.2 Å². The predicted molar refractivity (Wildman–Crippen MR) is 112 cm³/mol. The maximum Gasteiger partial charge on any atom is 0.255 e. The summed E-state index contributed by atoms with van der Waals surface area (Å²) in [7, 11) is 2.00. The number of hydrogen-bond acceptors (Lipinski definition) is 5. The number of nitrogens with zero attached hydrogens (tertiary/aromatic N) is 5. The SMILES string of the molecule is CN(CCc1ccccn1)c1ncccc1CNC(=O)c1cnn2ccccc12. The van der Waals surface area contributed by atoms with E-state index in [0.717, 1.165) is 35.6 Å². The Balaban J connectivity index is 1.43. The Labute approximate surface area is 169 Å². The minimum absolute atomic E-state index is 0.155. The van der Waals surface area contributed by atoms with Crippen molar-refractivity contribution in [2.24, 2.45) is 0 Å². The van der Waals surface area contributed by atoms with E-state index in [0.29, 0.717) is 12.1 Å². The lowest BCUT2D eigenvalue weighted by molar-refractivity contribution is 0.0952. The molecule has 0 aliphatic carbocycles. The van der Waals surface area contributed by atoms with Crippen LogP contribution in [0.3, 0.4) is 0 Å². The third-order valence-corrected chi connectivity index (χ3v) is 4.77. The fourth-order valence-corrected chi connectivity index (χ4v) is 3.23. The lowest BCUT2D eigenvalue weighted by Gasteiger charge is -2.21. The van der Waals surface area contributed by atoms with E-state index in [-0.39, 0.29) is 5.91 Å². The van der Waals surface area contributed by atoms with Gasteiger partial charge in [-0.25, -0.2) is 9.50 Å². The zero-order valence-corrected chi connectivity index (χ0v) is 16.2. The van der Waals surface area contributed by atoms with Crippen LogP contribution in [0.4, 0.5) is 5.82 Å². The highest BCUT2D eigenvalue weighted by Gasteiger charge is 2.14. The lowest BCUT2D eigenvalue weighted by Crippen LogP contribution is -2.27. The molecule has 146 valence electrons. The van der Waals surface area contributed by atoms with Crippen LogP contribution < -0.4 is 10.2 Å². The molecule has 7 heteroatoms. The molecule has 0 atom stereocenters. The number of anilines is 1. The van der Waals surface area contributed by atoms with Crippen molar-refractivity contribution in [3.05, 3.63) is 90.1 Å². The third kappa shape index (κ3) is 4.24.